The first-order valence-electron chi connectivity index (χ1n) is 15.3. The number of nitrogens with zero attached hydrogens (tertiary/aromatic N) is 2. The predicted molar refractivity (Wildman–Crippen MR) is 188 cm³/mol. The number of hydrogen-bond donors (Lipinski definition) is 0. The van der Waals surface area contributed by atoms with E-state index in [1.54, 1.807) is 0 Å². The van der Waals surface area contributed by atoms with Crippen molar-refractivity contribution in [2.24, 2.45) is 0 Å². The van der Waals surface area contributed by atoms with Gasteiger partial charge in [0.25, 0.3) is 0 Å². The van der Waals surface area contributed by atoms with Crippen molar-refractivity contribution in [1.82, 2.24) is 4.57 Å². The molecule has 9 rings (SSSR count). The Morgan fingerprint density at radius 3 is 1.93 bits per heavy atom. The zero-order chi connectivity index (χ0) is 29.7. The lowest BCUT2D eigenvalue weighted by Crippen LogP contribution is -2.10. The Morgan fingerprint density at radius 2 is 1.07 bits per heavy atom. The van der Waals surface area contributed by atoms with Crippen LogP contribution in [0, 0.1) is 0 Å². The number of rotatable bonds is 5. The zero-order valence-electron chi connectivity index (χ0n) is 24.5. The SMILES string of the molecule is c1ccc(-c2cccc(N(c3ccc4c(c3)c3ccccc3n4-c3ccccc3)c3cccc4c3oc3ccccc34)c2)cc1. The number of benzene rings is 7. The van der Waals surface area contributed by atoms with E-state index in [1.807, 2.05) is 12.1 Å². The van der Waals surface area contributed by atoms with E-state index in [9.17, 15) is 0 Å². The second-order valence-corrected chi connectivity index (χ2v) is 11.4. The molecule has 3 heteroatoms. The van der Waals surface area contributed by atoms with E-state index in [0.29, 0.717) is 0 Å². The third-order valence-corrected chi connectivity index (χ3v) is 8.76. The minimum atomic E-state index is 0.871. The molecule has 0 unspecified atom stereocenters. The van der Waals surface area contributed by atoms with Gasteiger partial charge in [-0.15, -0.1) is 0 Å². The molecule has 2 heterocycles. The average Bonchev–Trinajstić information content (AvgIpc) is 3.66. The summed E-state index contributed by atoms with van der Waals surface area (Å²) in [5, 5.41) is 4.65. The highest BCUT2D eigenvalue weighted by Gasteiger charge is 2.21. The molecule has 0 aliphatic heterocycles. The van der Waals surface area contributed by atoms with E-state index in [4.69, 9.17) is 4.42 Å². The Balaban J connectivity index is 1.32. The summed E-state index contributed by atoms with van der Waals surface area (Å²) < 4.78 is 8.95. The summed E-state index contributed by atoms with van der Waals surface area (Å²) in [6.07, 6.45) is 0. The van der Waals surface area contributed by atoms with Gasteiger partial charge in [-0.1, -0.05) is 109 Å². The summed E-state index contributed by atoms with van der Waals surface area (Å²) >= 11 is 0. The highest BCUT2D eigenvalue weighted by atomic mass is 16.3. The summed E-state index contributed by atoms with van der Waals surface area (Å²) in [6, 6.07) is 60.1. The van der Waals surface area contributed by atoms with Crippen molar-refractivity contribution in [3.05, 3.63) is 170 Å². The Bertz CT molecular complexity index is 2490. The average molecular weight is 577 g/mol. The van der Waals surface area contributed by atoms with Crippen molar-refractivity contribution >= 4 is 60.8 Å². The molecule has 0 bridgehead atoms. The van der Waals surface area contributed by atoms with Gasteiger partial charge in [0.1, 0.15) is 5.58 Å². The Hall–Kier alpha value is -6.06. The molecule has 2 aromatic heterocycles. The summed E-state index contributed by atoms with van der Waals surface area (Å²) in [5.41, 5.74) is 10.7. The minimum absolute atomic E-state index is 0.871. The highest BCUT2D eigenvalue weighted by Crippen LogP contribution is 2.44. The smallest absolute Gasteiger partial charge is 0.159 e. The van der Waals surface area contributed by atoms with Crippen LogP contribution in [0.1, 0.15) is 0 Å². The van der Waals surface area contributed by atoms with Crippen molar-refractivity contribution in [2.75, 3.05) is 4.90 Å². The molecule has 212 valence electrons. The van der Waals surface area contributed by atoms with Crippen molar-refractivity contribution in [1.29, 1.82) is 0 Å². The number of anilines is 3. The first kappa shape index (κ1) is 25.4. The molecule has 9 aromatic rings. The van der Waals surface area contributed by atoms with Crippen LogP contribution >= 0.6 is 0 Å². The molecule has 3 nitrogen and oxygen atoms in total. The van der Waals surface area contributed by atoms with Crippen molar-refractivity contribution in [3.63, 3.8) is 0 Å². The van der Waals surface area contributed by atoms with Crippen LogP contribution in [0.25, 0.3) is 60.6 Å². The van der Waals surface area contributed by atoms with Gasteiger partial charge in [0.05, 0.1) is 16.7 Å². The Labute approximate surface area is 260 Å². The summed E-state index contributed by atoms with van der Waals surface area (Å²) in [7, 11) is 0. The van der Waals surface area contributed by atoms with Crippen LogP contribution in [0.4, 0.5) is 17.1 Å². The lowest BCUT2D eigenvalue weighted by atomic mass is 10.0. The first-order chi connectivity index (χ1) is 22.3. The van der Waals surface area contributed by atoms with Crippen LogP contribution in [0.15, 0.2) is 174 Å². The van der Waals surface area contributed by atoms with Gasteiger partial charge < -0.3 is 13.9 Å². The molecule has 0 saturated carbocycles. The third kappa shape index (κ3) is 4.13. The van der Waals surface area contributed by atoms with Gasteiger partial charge in [-0.2, -0.15) is 0 Å². The van der Waals surface area contributed by atoms with Gasteiger partial charge in [-0.05, 0) is 71.8 Å². The Kier molecular flexibility index (Phi) is 5.82. The Morgan fingerprint density at radius 1 is 0.422 bits per heavy atom. The maximum Gasteiger partial charge on any atom is 0.159 e. The van der Waals surface area contributed by atoms with Gasteiger partial charge in [0, 0.05) is 38.6 Å². The molecule has 0 aliphatic carbocycles. The van der Waals surface area contributed by atoms with E-state index in [2.05, 4.69) is 167 Å². The second kappa shape index (κ2) is 10.3. The van der Waals surface area contributed by atoms with Crippen molar-refractivity contribution in [3.8, 4) is 16.8 Å². The van der Waals surface area contributed by atoms with Crippen molar-refractivity contribution in [2.45, 2.75) is 0 Å². The predicted octanol–water partition coefficient (Wildman–Crippen LogP) is 11.8. The quantitative estimate of drug-likeness (QED) is 0.203. The summed E-state index contributed by atoms with van der Waals surface area (Å²) in [4.78, 5) is 2.34. The molecular weight excluding hydrogens is 548 g/mol. The molecule has 0 saturated heterocycles. The largest absolute Gasteiger partial charge is 0.454 e. The fourth-order valence-electron chi connectivity index (χ4n) is 6.75. The standard InChI is InChI=1S/C42H28N2O/c1-3-13-29(14-4-1)30-15-11-18-32(27-30)43(40-23-12-21-36-35-20-8-10-24-41(35)45-42(36)40)33-25-26-39-37(28-33)34-19-7-9-22-38(34)44(39)31-16-5-2-6-17-31/h1-28H. The van der Waals surface area contributed by atoms with E-state index in [-0.39, 0.29) is 0 Å². The second-order valence-electron chi connectivity index (χ2n) is 11.4. The monoisotopic (exact) mass is 576 g/mol. The topological polar surface area (TPSA) is 21.3 Å². The fourth-order valence-corrected chi connectivity index (χ4v) is 6.75. The van der Waals surface area contributed by atoms with Crippen LogP contribution in [0.3, 0.4) is 0 Å². The van der Waals surface area contributed by atoms with Crippen LogP contribution in [-0.2, 0) is 0 Å². The van der Waals surface area contributed by atoms with E-state index >= 15 is 0 Å². The number of fused-ring (bicyclic) bond motifs is 6. The van der Waals surface area contributed by atoms with Gasteiger partial charge in [-0.3, -0.25) is 0 Å². The van der Waals surface area contributed by atoms with Gasteiger partial charge in [0.15, 0.2) is 5.58 Å². The van der Waals surface area contributed by atoms with Crippen molar-refractivity contribution < 1.29 is 4.42 Å². The molecule has 0 amide bonds. The van der Waals surface area contributed by atoms with E-state index in [0.717, 1.165) is 50.3 Å². The maximum absolute atomic E-state index is 6.60. The summed E-state index contributed by atoms with van der Waals surface area (Å²) in [6.45, 7) is 0. The lowest BCUT2D eigenvalue weighted by molar-refractivity contribution is 0.669. The van der Waals surface area contributed by atoms with Gasteiger partial charge in [0.2, 0.25) is 0 Å². The number of para-hydroxylation sites is 4. The zero-order valence-corrected chi connectivity index (χ0v) is 24.5. The molecule has 0 aliphatic rings. The van der Waals surface area contributed by atoms with Gasteiger partial charge >= 0.3 is 0 Å². The highest BCUT2D eigenvalue weighted by molar-refractivity contribution is 6.13. The fraction of sp³-hybridized carbons (Fsp3) is 0. The molecule has 45 heavy (non-hydrogen) atoms. The lowest BCUT2D eigenvalue weighted by Gasteiger charge is -2.26. The third-order valence-electron chi connectivity index (χ3n) is 8.76. The van der Waals surface area contributed by atoms with Crippen LogP contribution in [-0.4, -0.2) is 4.57 Å². The van der Waals surface area contributed by atoms with E-state index < -0.39 is 0 Å². The molecular formula is C42H28N2O. The van der Waals surface area contributed by atoms with E-state index in [1.165, 1.54) is 27.4 Å². The molecule has 0 spiro atoms. The minimum Gasteiger partial charge on any atom is -0.454 e. The van der Waals surface area contributed by atoms with Gasteiger partial charge in [-0.25, -0.2) is 0 Å². The molecule has 0 fully saturated rings. The molecule has 0 atom stereocenters. The number of hydrogen-bond acceptors (Lipinski definition) is 2. The van der Waals surface area contributed by atoms with Crippen LogP contribution in [0.5, 0.6) is 0 Å². The van der Waals surface area contributed by atoms with Crippen LogP contribution in [0.2, 0.25) is 0 Å². The molecule has 0 radical (unpaired) electrons. The van der Waals surface area contributed by atoms with Crippen LogP contribution < -0.4 is 4.90 Å². The maximum atomic E-state index is 6.60. The molecule has 7 aromatic carbocycles. The number of aromatic nitrogens is 1. The molecule has 0 N–H and O–H groups in total. The number of furan rings is 1. The normalized spacial score (nSPS) is 11.6. The first-order valence-corrected chi connectivity index (χ1v) is 15.3. The summed E-state index contributed by atoms with van der Waals surface area (Å²) in [5.74, 6) is 0.